The number of carbonyl (C=O) groups is 2. The van der Waals surface area contributed by atoms with Crippen molar-refractivity contribution in [3.63, 3.8) is 0 Å². The summed E-state index contributed by atoms with van der Waals surface area (Å²) in [6.07, 6.45) is -0.0680. The van der Waals surface area contributed by atoms with Crippen molar-refractivity contribution in [2.24, 2.45) is 0 Å². The van der Waals surface area contributed by atoms with E-state index in [1.54, 1.807) is 0 Å². The van der Waals surface area contributed by atoms with Crippen molar-refractivity contribution in [3.05, 3.63) is 29.6 Å². The van der Waals surface area contributed by atoms with E-state index in [0.29, 0.717) is 5.75 Å². The minimum absolute atomic E-state index is 0.0327. The normalized spacial score (nSPS) is 9.82. The Morgan fingerprint density at radius 1 is 1.24 bits per heavy atom. The second kappa shape index (κ2) is 5.98. The summed E-state index contributed by atoms with van der Waals surface area (Å²) in [5, 5.41) is 0. The Bertz CT molecular complexity index is 429. The first kappa shape index (κ1) is 13.2. The van der Waals surface area contributed by atoms with E-state index in [0.717, 1.165) is 6.07 Å². The maximum Gasteiger partial charge on any atom is 0.305 e. The van der Waals surface area contributed by atoms with Gasteiger partial charge in [-0.05, 0) is 18.2 Å². The summed E-state index contributed by atoms with van der Waals surface area (Å²) < 4.78 is 22.4. The van der Waals surface area contributed by atoms with Gasteiger partial charge >= 0.3 is 5.97 Å². The van der Waals surface area contributed by atoms with Crippen LogP contribution in [0.5, 0.6) is 5.75 Å². The molecule has 0 heterocycles. The number of rotatable bonds is 5. The molecule has 0 spiro atoms. The summed E-state index contributed by atoms with van der Waals surface area (Å²) in [7, 11) is 2.64. The molecule has 17 heavy (non-hydrogen) atoms. The van der Waals surface area contributed by atoms with E-state index in [9.17, 15) is 14.0 Å². The fourth-order valence-electron chi connectivity index (χ4n) is 1.35. The summed E-state index contributed by atoms with van der Waals surface area (Å²) >= 11 is 0. The second-order valence-electron chi connectivity index (χ2n) is 3.34. The van der Waals surface area contributed by atoms with Gasteiger partial charge in [-0.25, -0.2) is 4.39 Å². The van der Waals surface area contributed by atoms with Gasteiger partial charge in [0.15, 0.2) is 5.78 Å². The Balaban J connectivity index is 2.80. The number of ketones is 1. The van der Waals surface area contributed by atoms with Crippen LogP contribution in [0.3, 0.4) is 0 Å². The molecular weight excluding hydrogens is 227 g/mol. The van der Waals surface area contributed by atoms with Crippen LogP contribution in [0.1, 0.15) is 23.2 Å². The number of Topliss-reactive ketones (excluding diaryl/α,β-unsaturated/α-hetero) is 1. The zero-order valence-electron chi connectivity index (χ0n) is 9.66. The average molecular weight is 240 g/mol. The number of hydrogen-bond donors (Lipinski definition) is 0. The highest BCUT2D eigenvalue weighted by atomic mass is 19.1. The van der Waals surface area contributed by atoms with Crippen LogP contribution < -0.4 is 4.74 Å². The van der Waals surface area contributed by atoms with E-state index >= 15 is 0 Å². The van der Waals surface area contributed by atoms with Gasteiger partial charge < -0.3 is 9.47 Å². The molecule has 0 saturated carbocycles. The molecule has 0 unspecified atom stereocenters. The molecule has 1 rings (SSSR count). The molecule has 0 amide bonds. The summed E-state index contributed by atoms with van der Waals surface area (Å²) in [6.45, 7) is 0. The monoisotopic (exact) mass is 240 g/mol. The molecule has 0 fully saturated rings. The van der Waals surface area contributed by atoms with Gasteiger partial charge in [0.25, 0.3) is 0 Å². The van der Waals surface area contributed by atoms with Crippen molar-refractivity contribution in [2.45, 2.75) is 12.8 Å². The zero-order chi connectivity index (χ0) is 12.8. The minimum Gasteiger partial charge on any atom is -0.496 e. The van der Waals surface area contributed by atoms with E-state index in [-0.39, 0.29) is 24.2 Å². The maximum absolute atomic E-state index is 13.0. The predicted molar refractivity (Wildman–Crippen MR) is 58.5 cm³/mol. The average Bonchev–Trinajstić information content (AvgIpc) is 2.35. The number of hydrogen-bond acceptors (Lipinski definition) is 4. The minimum atomic E-state index is -0.521. The molecule has 0 saturated heterocycles. The van der Waals surface area contributed by atoms with Gasteiger partial charge in [-0.3, -0.25) is 9.59 Å². The molecule has 0 aliphatic carbocycles. The number of methoxy groups -OCH3 is 2. The van der Waals surface area contributed by atoms with Gasteiger partial charge in [0.05, 0.1) is 26.2 Å². The number of carbonyl (C=O) groups excluding carboxylic acids is 2. The lowest BCUT2D eigenvalue weighted by Crippen LogP contribution is -2.07. The van der Waals surface area contributed by atoms with E-state index in [1.165, 1.54) is 26.4 Å². The first-order chi connectivity index (χ1) is 8.08. The standard InChI is InChI=1S/C12H13FO4/c1-16-11-5-3-8(13)7-9(11)10(14)4-6-12(15)17-2/h3,5,7H,4,6H2,1-2H3. The fourth-order valence-corrected chi connectivity index (χ4v) is 1.35. The van der Waals surface area contributed by atoms with E-state index in [1.807, 2.05) is 0 Å². The SMILES string of the molecule is COC(=O)CCC(=O)c1cc(F)ccc1OC. The molecule has 0 aliphatic heterocycles. The van der Waals surface area contributed by atoms with Crippen molar-refractivity contribution < 1.29 is 23.5 Å². The van der Waals surface area contributed by atoms with E-state index < -0.39 is 11.8 Å². The molecular formula is C12H13FO4. The predicted octanol–water partition coefficient (Wildman–Crippen LogP) is 1.97. The van der Waals surface area contributed by atoms with Crippen LogP contribution in [-0.4, -0.2) is 26.0 Å². The van der Waals surface area contributed by atoms with Crippen LogP contribution in [0.4, 0.5) is 4.39 Å². The lowest BCUT2D eigenvalue weighted by Gasteiger charge is -2.07. The molecule has 1 aromatic carbocycles. The Morgan fingerprint density at radius 3 is 2.53 bits per heavy atom. The summed E-state index contributed by atoms with van der Waals surface area (Å²) in [6, 6.07) is 3.68. The van der Waals surface area contributed by atoms with Crippen LogP contribution >= 0.6 is 0 Å². The fraction of sp³-hybridized carbons (Fsp3) is 0.333. The second-order valence-corrected chi connectivity index (χ2v) is 3.34. The maximum atomic E-state index is 13.0. The van der Waals surface area contributed by atoms with Crippen molar-refractivity contribution >= 4 is 11.8 Å². The first-order valence-corrected chi connectivity index (χ1v) is 5.02. The highest BCUT2D eigenvalue weighted by Gasteiger charge is 2.14. The molecule has 0 atom stereocenters. The lowest BCUT2D eigenvalue weighted by molar-refractivity contribution is -0.140. The molecule has 5 heteroatoms. The molecule has 4 nitrogen and oxygen atoms in total. The topological polar surface area (TPSA) is 52.6 Å². The van der Waals surface area contributed by atoms with Crippen molar-refractivity contribution in [2.75, 3.05) is 14.2 Å². The van der Waals surface area contributed by atoms with Gasteiger partial charge in [-0.1, -0.05) is 0 Å². The highest BCUT2D eigenvalue weighted by molar-refractivity contribution is 5.99. The summed E-state index contributed by atoms with van der Waals surface area (Å²) in [5.74, 6) is -1.06. The Kier molecular flexibility index (Phi) is 4.63. The third kappa shape index (κ3) is 3.55. The van der Waals surface area contributed by atoms with E-state index in [2.05, 4.69) is 4.74 Å². The van der Waals surface area contributed by atoms with Crippen LogP contribution in [0.2, 0.25) is 0 Å². The Hall–Kier alpha value is -1.91. The van der Waals surface area contributed by atoms with Crippen LogP contribution in [0, 0.1) is 5.82 Å². The largest absolute Gasteiger partial charge is 0.496 e. The van der Waals surface area contributed by atoms with Crippen molar-refractivity contribution in [1.82, 2.24) is 0 Å². The Labute approximate surface area is 98.3 Å². The number of halogens is 1. The van der Waals surface area contributed by atoms with Gasteiger partial charge in [-0.2, -0.15) is 0 Å². The molecule has 92 valence electrons. The van der Waals surface area contributed by atoms with Gasteiger partial charge in [0.1, 0.15) is 11.6 Å². The molecule has 0 aromatic heterocycles. The molecule has 0 N–H and O–H groups in total. The van der Waals surface area contributed by atoms with Gasteiger partial charge in [0.2, 0.25) is 0 Å². The molecule has 1 aromatic rings. The van der Waals surface area contributed by atoms with Gasteiger partial charge in [0, 0.05) is 6.42 Å². The lowest BCUT2D eigenvalue weighted by atomic mass is 10.1. The van der Waals surface area contributed by atoms with Crippen LogP contribution in [0.25, 0.3) is 0 Å². The highest BCUT2D eigenvalue weighted by Crippen LogP contribution is 2.21. The molecule has 0 bridgehead atoms. The van der Waals surface area contributed by atoms with E-state index in [4.69, 9.17) is 4.74 Å². The van der Waals surface area contributed by atoms with Crippen LogP contribution in [-0.2, 0) is 9.53 Å². The first-order valence-electron chi connectivity index (χ1n) is 5.02. The Morgan fingerprint density at radius 2 is 1.94 bits per heavy atom. The zero-order valence-corrected chi connectivity index (χ0v) is 9.66. The smallest absolute Gasteiger partial charge is 0.305 e. The quantitative estimate of drug-likeness (QED) is 0.583. The number of esters is 1. The molecule has 0 aliphatic rings. The van der Waals surface area contributed by atoms with Crippen LogP contribution in [0.15, 0.2) is 18.2 Å². The third-order valence-electron chi connectivity index (χ3n) is 2.25. The van der Waals surface area contributed by atoms with Crippen molar-refractivity contribution in [1.29, 1.82) is 0 Å². The van der Waals surface area contributed by atoms with Gasteiger partial charge in [-0.15, -0.1) is 0 Å². The number of benzene rings is 1. The van der Waals surface area contributed by atoms with Crippen molar-refractivity contribution in [3.8, 4) is 5.75 Å². The number of ether oxygens (including phenoxy) is 2. The summed E-state index contributed by atoms with van der Waals surface area (Å²) in [5.41, 5.74) is 0.136. The third-order valence-corrected chi connectivity index (χ3v) is 2.25. The molecule has 0 radical (unpaired) electrons. The summed E-state index contributed by atoms with van der Waals surface area (Å²) in [4.78, 5) is 22.6.